The minimum absolute atomic E-state index is 0.0240. The van der Waals surface area contributed by atoms with Crippen molar-refractivity contribution in [3.63, 3.8) is 0 Å². The molecule has 0 aliphatic heterocycles. The Morgan fingerprint density at radius 3 is 1.82 bits per heavy atom. The number of aromatic nitrogens is 4. The number of rotatable bonds is 5. The summed E-state index contributed by atoms with van der Waals surface area (Å²) in [6, 6.07) is 66.3. The predicted octanol–water partition coefficient (Wildman–Crippen LogP) is 13.0. The van der Waals surface area contributed by atoms with Crippen molar-refractivity contribution in [2.75, 3.05) is 0 Å². The van der Waals surface area contributed by atoms with Gasteiger partial charge in [-0.3, -0.25) is 0 Å². The van der Waals surface area contributed by atoms with E-state index in [2.05, 4.69) is 120 Å². The average Bonchev–Trinajstić information content (AvgIpc) is 3.93. The summed E-state index contributed by atoms with van der Waals surface area (Å²) in [5.41, 5.74) is 14.3. The molecular weight excluding hydrogens is 697 g/mol. The number of nitrogens with zero attached hydrogens (tertiary/aromatic N) is 4. The van der Waals surface area contributed by atoms with Gasteiger partial charge in [0.15, 0.2) is 17.5 Å². The molecular formula is C52H32N4O. The molecule has 5 nitrogen and oxygen atoms in total. The molecule has 0 bridgehead atoms. The molecule has 0 spiro atoms. The van der Waals surface area contributed by atoms with E-state index >= 15 is 0 Å². The number of para-hydroxylation sites is 2. The zero-order valence-electron chi connectivity index (χ0n) is 30.7. The number of fused-ring (bicyclic) bond motifs is 9. The fourth-order valence-corrected chi connectivity index (χ4v) is 9.02. The molecule has 0 fully saturated rings. The quantitative estimate of drug-likeness (QED) is 0.177. The van der Waals surface area contributed by atoms with Crippen LogP contribution in [0.25, 0.3) is 94.7 Å². The Balaban J connectivity index is 1.08. The Morgan fingerprint density at radius 2 is 1.05 bits per heavy atom. The topological polar surface area (TPSA) is 56.7 Å². The number of hydrogen-bond donors (Lipinski definition) is 0. The molecule has 0 radical (unpaired) electrons. The van der Waals surface area contributed by atoms with Gasteiger partial charge in [-0.05, 0) is 76.3 Å². The van der Waals surface area contributed by atoms with Crippen LogP contribution in [0.1, 0.15) is 22.6 Å². The Morgan fingerprint density at radius 1 is 0.404 bits per heavy atom. The van der Waals surface area contributed by atoms with E-state index in [1.54, 1.807) is 0 Å². The van der Waals surface area contributed by atoms with Crippen molar-refractivity contribution < 1.29 is 4.42 Å². The van der Waals surface area contributed by atoms with Gasteiger partial charge in [-0.15, -0.1) is 0 Å². The lowest BCUT2D eigenvalue weighted by atomic mass is 9.88. The van der Waals surface area contributed by atoms with Crippen molar-refractivity contribution in [2.45, 2.75) is 5.92 Å². The molecule has 1 aliphatic carbocycles. The van der Waals surface area contributed by atoms with E-state index in [4.69, 9.17) is 19.4 Å². The normalized spacial score (nSPS) is 13.4. The van der Waals surface area contributed by atoms with Crippen LogP contribution >= 0.6 is 0 Å². The molecule has 5 heteroatoms. The van der Waals surface area contributed by atoms with Gasteiger partial charge in [-0.25, -0.2) is 15.0 Å². The second-order valence-electron chi connectivity index (χ2n) is 14.7. The van der Waals surface area contributed by atoms with Gasteiger partial charge in [-0.1, -0.05) is 140 Å². The highest BCUT2D eigenvalue weighted by Gasteiger charge is 2.32. The van der Waals surface area contributed by atoms with Crippen LogP contribution in [-0.4, -0.2) is 19.5 Å². The third-order valence-corrected chi connectivity index (χ3v) is 11.5. The van der Waals surface area contributed by atoms with Crippen LogP contribution in [0.15, 0.2) is 192 Å². The standard InChI is InChI=1S/C52H32N4O/c1-4-15-32(16-5-1)50-53-51(33-17-6-2-7-18-33)55-52(54-50)39-24-14-26-47-49(39)43-29-34(27-28-46(43)57-47)48-38-23-11-10-21-36(38)40-30-41-37-22-12-13-25-44(37)56(45(41)31-42(40)48)35-19-8-3-9-20-35/h1-31,48H/t48-/m1/s1. The highest BCUT2D eigenvalue weighted by molar-refractivity contribution is 6.13. The summed E-state index contributed by atoms with van der Waals surface area (Å²) in [7, 11) is 0. The van der Waals surface area contributed by atoms with Crippen LogP contribution in [0, 0.1) is 0 Å². The van der Waals surface area contributed by atoms with E-state index in [1.807, 2.05) is 72.8 Å². The third kappa shape index (κ3) is 4.92. The summed E-state index contributed by atoms with van der Waals surface area (Å²) in [4.78, 5) is 15.2. The number of benzene rings is 8. The van der Waals surface area contributed by atoms with Gasteiger partial charge < -0.3 is 8.98 Å². The molecule has 57 heavy (non-hydrogen) atoms. The van der Waals surface area contributed by atoms with Gasteiger partial charge in [0.1, 0.15) is 11.2 Å². The summed E-state index contributed by atoms with van der Waals surface area (Å²) in [6.07, 6.45) is 0. The van der Waals surface area contributed by atoms with Crippen molar-refractivity contribution in [2.24, 2.45) is 0 Å². The van der Waals surface area contributed by atoms with Crippen molar-refractivity contribution in [1.82, 2.24) is 19.5 Å². The second-order valence-corrected chi connectivity index (χ2v) is 14.7. The van der Waals surface area contributed by atoms with Gasteiger partial charge in [0.25, 0.3) is 0 Å². The number of hydrogen-bond acceptors (Lipinski definition) is 4. The minimum atomic E-state index is 0.0240. The maximum absolute atomic E-state index is 6.58. The first kappa shape index (κ1) is 31.7. The molecule has 0 N–H and O–H groups in total. The first-order chi connectivity index (χ1) is 28.3. The average molecular weight is 729 g/mol. The SMILES string of the molecule is c1ccc(-c2nc(-c3ccccc3)nc(-c3cccc4oc5ccc([C@@H]6c7ccccc7-c7cc8c9ccccc9n(-c9ccccc9)c8cc76)cc5c34)n2)cc1. The molecule has 0 unspecified atom stereocenters. The minimum Gasteiger partial charge on any atom is -0.456 e. The van der Waals surface area contributed by atoms with Crippen molar-refractivity contribution in [3.8, 4) is 51.0 Å². The summed E-state index contributed by atoms with van der Waals surface area (Å²) in [5.74, 6) is 1.89. The van der Waals surface area contributed by atoms with Crippen LogP contribution in [0.4, 0.5) is 0 Å². The molecule has 3 heterocycles. The van der Waals surface area contributed by atoms with Crippen molar-refractivity contribution in [1.29, 1.82) is 0 Å². The van der Waals surface area contributed by atoms with Crippen LogP contribution in [0.3, 0.4) is 0 Å². The highest BCUT2D eigenvalue weighted by Crippen LogP contribution is 2.51. The van der Waals surface area contributed by atoms with Gasteiger partial charge in [0.2, 0.25) is 0 Å². The van der Waals surface area contributed by atoms with Gasteiger partial charge in [0.05, 0.1) is 11.0 Å². The predicted molar refractivity (Wildman–Crippen MR) is 231 cm³/mol. The number of furan rings is 1. The lowest BCUT2D eigenvalue weighted by Gasteiger charge is -2.16. The first-order valence-electron chi connectivity index (χ1n) is 19.3. The highest BCUT2D eigenvalue weighted by atomic mass is 16.3. The Kier molecular flexibility index (Phi) is 6.92. The van der Waals surface area contributed by atoms with Gasteiger partial charge >= 0.3 is 0 Å². The maximum Gasteiger partial charge on any atom is 0.164 e. The molecule has 266 valence electrons. The lowest BCUT2D eigenvalue weighted by Crippen LogP contribution is -2.01. The molecule has 8 aromatic carbocycles. The van der Waals surface area contributed by atoms with E-state index in [1.165, 1.54) is 49.6 Å². The summed E-state index contributed by atoms with van der Waals surface area (Å²) in [6.45, 7) is 0. The Labute approximate surface area is 328 Å². The zero-order valence-corrected chi connectivity index (χ0v) is 30.7. The van der Waals surface area contributed by atoms with Gasteiger partial charge in [0, 0.05) is 49.8 Å². The fourth-order valence-electron chi connectivity index (χ4n) is 9.02. The second kappa shape index (κ2) is 12.4. The monoisotopic (exact) mass is 728 g/mol. The summed E-state index contributed by atoms with van der Waals surface area (Å²) >= 11 is 0. The third-order valence-electron chi connectivity index (χ3n) is 11.5. The molecule has 1 atom stereocenters. The lowest BCUT2D eigenvalue weighted by molar-refractivity contribution is 0.668. The summed E-state index contributed by atoms with van der Waals surface area (Å²) < 4.78 is 8.99. The first-order valence-corrected chi connectivity index (χ1v) is 19.3. The van der Waals surface area contributed by atoms with E-state index in [-0.39, 0.29) is 5.92 Å². The molecule has 3 aromatic heterocycles. The largest absolute Gasteiger partial charge is 0.456 e. The fraction of sp³-hybridized carbons (Fsp3) is 0.0192. The van der Waals surface area contributed by atoms with Crippen LogP contribution in [0.5, 0.6) is 0 Å². The van der Waals surface area contributed by atoms with E-state index < -0.39 is 0 Å². The van der Waals surface area contributed by atoms with Crippen LogP contribution in [0.2, 0.25) is 0 Å². The molecule has 12 rings (SSSR count). The molecule has 0 saturated heterocycles. The van der Waals surface area contributed by atoms with E-state index in [9.17, 15) is 0 Å². The molecule has 11 aromatic rings. The van der Waals surface area contributed by atoms with Crippen LogP contribution in [-0.2, 0) is 0 Å². The van der Waals surface area contributed by atoms with Crippen molar-refractivity contribution >= 4 is 43.7 Å². The molecule has 0 saturated carbocycles. The van der Waals surface area contributed by atoms with E-state index in [0.717, 1.165) is 44.3 Å². The van der Waals surface area contributed by atoms with Crippen molar-refractivity contribution in [3.05, 3.63) is 205 Å². The van der Waals surface area contributed by atoms with E-state index in [0.29, 0.717) is 17.5 Å². The Hall–Kier alpha value is -7.63. The van der Waals surface area contributed by atoms with Gasteiger partial charge in [-0.2, -0.15) is 0 Å². The Bertz CT molecular complexity index is 3290. The smallest absolute Gasteiger partial charge is 0.164 e. The van der Waals surface area contributed by atoms with Crippen LogP contribution < -0.4 is 0 Å². The summed E-state index contributed by atoms with van der Waals surface area (Å²) in [5, 5.41) is 4.53. The molecule has 0 amide bonds. The zero-order chi connectivity index (χ0) is 37.5. The molecule has 1 aliphatic rings. The maximum atomic E-state index is 6.58.